The molecule has 0 unspecified atom stereocenters. The number of amides is 1. The average Bonchev–Trinajstić information content (AvgIpc) is 3.05. The molecule has 0 radical (unpaired) electrons. The Balaban J connectivity index is 1.83. The van der Waals surface area contributed by atoms with Crippen molar-refractivity contribution in [2.75, 3.05) is 5.75 Å². The molecule has 146 valence electrons. The standard InChI is InChI=1S/C21H23N3O2S2/c1-13(2)22-17(25)12-27-21-23-19-18(15-10-6-7-11-16(15)28-19)20(26)24(21)14-8-4-3-5-9-14/h3-5,8-9,13H,6-7,10-12H2,1-2H3,(H,22,25). The number of carbonyl (C=O) groups excluding carboxylic acids is 1. The lowest BCUT2D eigenvalue weighted by Crippen LogP contribution is -2.32. The summed E-state index contributed by atoms with van der Waals surface area (Å²) in [4.78, 5) is 32.6. The van der Waals surface area contributed by atoms with Crippen LogP contribution in [0.5, 0.6) is 0 Å². The van der Waals surface area contributed by atoms with Crippen LogP contribution in [-0.4, -0.2) is 27.3 Å². The van der Waals surface area contributed by atoms with Gasteiger partial charge in [-0.05, 0) is 57.2 Å². The number of thioether (sulfide) groups is 1. The predicted molar refractivity (Wildman–Crippen MR) is 116 cm³/mol. The third-order valence-electron chi connectivity index (χ3n) is 4.75. The number of rotatable bonds is 5. The van der Waals surface area contributed by atoms with Crippen molar-refractivity contribution in [1.29, 1.82) is 0 Å². The zero-order chi connectivity index (χ0) is 19.7. The number of carbonyl (C=O) groups is 1. The molecule has 0 fully saturated rings. The summed E-state index contributed by atoms with van der Waals surface area (Å²) in [6.07, 6.45) is 4.27. The van der Waals surface area contributed by atoms with Crippen LogP contribution in [0.4, 0.5) is 0 Å². The number of para-hydroxylation sites is 1. The molecule has 0 spiro atoms. The van der Waals surface area contributed by atoms with Crippen LogP contribution >= 0.6 is 23.1 Å². The highest BCUT2D eigenvalue weighted by Gasteiger charge is 2.23. The van der Waals surface area contributed by atoms with E-state index in [-0.39, 0.29) is 23.3 Å². The molecule has 0 saturated carbocycles. The van der Waals surface area contributed by atoms with Crippen molar-refractivity contribution in [2.24, 2.45) is 0 Å². The van der Waals surface area contributed by atoms with Gasteiger partial charge in [0.15, 0.2) is 5.16 Å². The van der Waals surface area contributed by atoms with E-state index in [4.69, 9.17) is 4.98 Å². The van der Waals surface area contributed by atoms with Crippen LogP contribution in [0.1, 0.15) is 37.1 Å². The zero-order valence-electron chi connectivity index (χ0n) is 16.0. The lowest BCUT2D eigenvalue weighted by Gasteiger charge is -2.14. The van der Waals surface area contributed by atoms with E-state index in [1.54, 1.807) is 15.9 Å². The van der Waals surface area contributed by atoms with Gasteiger partial charge >= 0.3 is 0 Å². The number of aromatic nitrogens is 2. The van der Waals surface area contributed by atoms with Gasteiger partial charge in [-0.3, -0.25) is 14.2 Å². The summed E-state index contributed by atoms with van der Waals surface area (Å²) in [5, 5.41) is 4.23. The molecule has 0 saturated heterocycles. The fourth-order valence-corrected chi connectivity index (χ4v) is 5.71. The molecule has 7 heteroatoms. The monoisotopic (exact) mass is 413 g/mol. The topological polar surface area (TPSA) is 64.0 Å². The number of benzene rings is 1. The van der Waals surface area contributed by atoms with Crippen LogP contribution < -0.4 is 10.9 Å². The van der Waals surface area contributed by atoms with Gasteiger partial charge in [0, 0.05) is 10.9 Å². The second kappa shape index (κ2) is 8.09. The van der Waals surface area contributed by atoms with E-state index < -0.39 is 0 Å². The number of hydrogen-bond acceptors (Lipinski definition) is 5. The molecule has 4 rings (SSSR count). The van der Waals surface area contributed by atoms with Gasteiger partial charge in [0.05, 0.1) is 16.8 Å². The zero-order valence-corrected chi connectivity index (χ0v) is 17.7. The lowest BCUT2D eigenvalue weighted by molar-refractivity contribution is -0.119. The van der Waals surface area contributed by atoms with E-state index in [1.165, 1.54) is 28.6 Å². The number of nitrogens with one attached hydrogen (secondary N) is 1. The molecule has 0 atom stereocenters. The van der Waals surface area contributed by atoms with Gasteiger partial charge in [-0.15, -0.1) is 11.3 Å². The highest BCUT2D eigenvalue weighted by Crippen LogP contribution is 2.35. The minimum atomic E-state index is -0.0561. The number of nitrogens with zero attached hydrogens (tertiary/aromatic N) is 2. The molecular weight excluding hydrogens is 390 g/mol. The Morgan fingerprint density at radius 3 is 2.75 bits per heavy atom. The molecule has 0 bridgehead atoms. The van der Waals surface area contributed by atoms with E-state index in [2.05, 4.69) is 5.32 Å². The second-order valence-electron chi connectivity index (χ2n) is 7.27. The van der Waals surface area contributed by atoms with E-state index in [9.17, 15) is 9.59 Å². The summed E-state index contributed by atoms with van der Waals surface area (Å²) in [5.74, 6) is 0.174. The first-order valence-electron chi connectivity index (χ1n) is 9.59. The largest absolute Gasteiger partial charge is 0.353 e. The third kappa shape index (κ3) is 3.73. The maximum Gasteiger partial charge on any atom is 0.267 e. The number of aryl methyl sites for hydroxylation is 2. The average molecular weight is 414 g/mol. The van der Waals surface area contributed by atoms with Crippen molar-refractivity contribution in [1.82, 2.24) is 14.9 Å². The molecule has 2 aromatic heterocycles. The maximum absolute atomic E-state index is 13.5. The molecule has 1 N–H and O–H groups in total. The van der Waals surface area contributed by atoms with Crippen molar-refractivity contribution in [3.63, 3.8) is 0 Å². The first-order valence-corrected chi connectivity index (χ1v) is 11.4. The van der Waals surface area contributed by atoms with Crippen LogP contribution in [0, 0.1) is 0 Å². The number of thiophene rings is 1. The molecule has 1 aliphatic rings. The summed E-state index contributed by atoms with van der Waals surface area (Å²) in [6, 6.07) is 9.65. The summed E-state index contributed by atoms with van der Waals surface area (Å²) >= 11 is 2.95. The van der Waals surface area contributed by atoms with Crippen molar-refractivity contribution in [3.8, 4) is 5.69 Å². The minimum Gasteiger partial charge on any atom is -0.353 e. The number of fused-ring (bicyclic) bond motifs is 3. The smallest absolute Gasteiger partial charge is 0.267 e. The normalized spacial score (nSPS) is 13.7. The highest BCUT2D eigenvalue weighted by atomic mass is 32.2. The lowest BCUT2D eigenvalue weighted by atomic mass is 9.97. The van der Waals surface area contributed by atoms with E-state index in [0.29, 0.717) is 5.16 Å². The molecule has 2 heterocycles. The summed E-state index contributed by atoms with van der Waals surface area (Å²) in [5.41, 5.74) is 1.94. The first kappa shape index (κ1) is 19.2. The number of hydrogen-bond donors (Lipinski definition) is 1. The molecule has 1 aliphatic carbocycles. The van der Waals surface area contributed by atoms with E-state index >= 15 is 0 Å². The van der Waals surface area contributed by atoms with Gasteiger partial charge in [0.25, 0.3) is 5.56 Å². The highest BCUT2D eigenvalue weighted by molar-refractivity contribution is 7.99. The molecule has 3 aromatic rings. The van der Waals surface area contributed by atoms with Crippen molar-refractivity contribution >= 4 is 39.2 Å². The molecule has 0 aliphatic heterocycles. The Hall–Kier alpha value is -2.12. The fraction of sp³-hybridized carbons (Fsp3) is 0.381. The van der Waals surface area contributed by atoms with Crippen LogP contribution in [-0.2, 0) is 17.6 Å². The van der Waals surface area contributed by atoms with Gasteiger partial charge in [0.1, 0.15) is 4.83 Å². The van der Waals surface area contributed by atoms with Crippen molar-refractivity contribution in [3.05, 3.63) is 51.1 Å². The Kier molecular flexibility index (Phi) is 5.55. The Morgan fingerprint density at radius 1 is 1.25 bits per heavy atom. The fourth-order valence-electron chi connectivity index (χ4n) is 3.58. The quantitative estimate of drug-likeness (QED) is 0.508. The second-order valence-corrected chi connectivity index (χ2v) is 9.30. The van der Waals surface area contributed by atoms with Gasteiger partial charge < -0.3 is 5.32 Å². The third-order valence-corrected chi connectivity index (χ3v) is 6.88. The molecule has 28 heavy (non-hydrogen) atoms. The van der Waals surface area contributed by atoms with Crippen LogP contribution in [0.2, 0.25) is 0 Å². The predicted octanol–water partition coefficient (Wildman–Crippen LogP) is 3.94. The molecule has 5 nitrogen and oxygen atoms in total. The Morgan fingerprint density at radius 2 is 2.00 bits per heavy atom. The Labute approximate surface area is 172 Å². The minimum absolute atomic E-state index is 0.0256. The van der Waals surface area contributed by atoms with Crippen molar-refractivity contribution < 1.29 is 4.79 Å². The molecule has 1 aromatic carbocycles. The molecular formula is C21H23N3O2S2. The van der Waals surface area contributed by atoms with Gasteiger partial charge in [-0.1, -0.05) is 30.0 Å². The van der Waals surface area contributed by atoms with Crippen LogP contribution in [0.3, 0.4) is 0 Å². The van der Waals surface area contributed by atoms with Gasteiger partial charge in [0.2, 0.25) is 5.91 Å². The van der Waals surface area contributed by atoms with Gasteiger partial charge in [-0.2, -0.15) is 0 Å². The first-order chi connectivity index (χ1) is 13.5. The summed E-state index contributed by atoms with van der Waals surface area (Å²) in [7, 11) is 0. The van der Waals surface area contributed by atoms with Crippen LogP contribution in [0.15, 0.2) is 40.3 Å². The molecule has 1 amide bonds. The summed E-state index contributed by atoms with van der Waals surface area (Å²) < 4.78 is 1.66. The van der Waals surface area contributed by atoms with Gasteiger partial charge in [-0.25, -0.2) is 4.98 Å². The van der Waals surface area contributed by atoms with Crippen LogP contribution in [0.25, 0.3) is 15.9 Å². The Bertz CT molecular complexity index is 1070. The summed E-state index contributed by atoms with van der Waals surface area (Å²) in [6.45, 7) is 3.87. The maximum atomic E-state index is 13.5. The van der Waals surface area contributed by atoms with Crippen molar-refractivity contribution in [2.45, 2.75) is 50.7 Å². The van der Waals surface area contributed by atoms with E-state index in [0.717, 1.165) is 35.2 Å². The SMILES string of the molecule is CC(C)NC(=O)CSc1nc2sc3c(c2c(=O)n1-c1ccccc1)CCCC3. The van der Waals surface area contributed by atoms with E-state index in [1.807, 2.05) is 44.2 Å².